The van der Waals surface area contributed by atoms with Gasteiger partial charge in [0.1, 0.15) is 11.6 Å². The normalized spacial score (nSPS) is 14.7. The predicted octanol–water partition coefficient (Wildman–Crippen LogP) is 7.35. The molecule has 34 heavy (non-hydrogen) atoms. The lowest BCUT2D eigenvalue weighted by molar-refractivity contribution is -0.123. The van der Waals surface area contributed by atoms with Gasteiger partial charge in [-0.25, -0.2) is 9.18 Å². The number of amides is 2. The van der Waals surface area contributed by atoms with Crippen molar-refractivity contribution in [1.82, 2.24) is 4.90 Å². The molecule has 0 atom stereocenters. The van der Waals surface area contributed by atoms with Gasteiger partial charge in [0.25, 0.3) is 11.1 Å². The molecule has 0 bridgehead atoms. The van der Waals surface area contributed by atoms with Gasteiger partial charge in [-0.1, -0.05) is 35.3 Å². The highest BCUT2D eigenvalue weighted by atomic mass is 79.9. The van der Waals surface area contributed by atoms with Gasteiger partial charge in [-0.3, -0.25) is 14.5 Å². The van der Waals surface area contributed by atoms with Crippen LogP contribution in [0.25, 0.3) is 6.08 Å². The molecule has 0 radical (unpaired) electrons. The lowest BCUT2D eigenvalue weighted by atomic mass is 10.2. The summed E-state index contributed by atoms with van der Waals surface area (Å²) in [6, 6.07) is 15.0. The fraction of sp³-hybridized carbons (Fsp3) is 0.0417. The number of carbonyl (C=O) groups is 3. The van der Waals surface area contributed by atoms with Gasteiger partial charge in [-0.05, 0) is 93.4 Å². The van der Waals surface area contributed by atoms with Crippen molar-refractivity contribution in [3.63, 3.8) is 0 Å². The lowest BCUT2D eigenvalue weighted by Crippen LogP contribution is -2.27. The summed E-state index contributed by atoms with van der Waals surface area (Å²) in [5.74, 6) is -1.25. The fourth-order valence-corrected chi connectivity index (χ4v) is 4.71. The molecule has 0 N–H and O–H groups in total. The van der Waals surface area contributed by atoms with Crippen LogP contribution in [0.2, 0.25) is 10.0 Å². The Morgan fingerprint density at radius 1 is 1.06 bits per heavy atom. The van der Waals surface area contributed by atoms with E-state index in [1.54, 1.807) is 48.5 Å². The quantitative estimate of drug-likeness (QED) is 0.179. The molecule has 1 aliphatic heterocycles. The predicted molar refractivity (Wildman–Crippen MR) is 133 cm³/mol. The maximum Gasteiger partial charge on any atom is 0.343 e. The van der Waals surface area contributed by atoms with E-state index in [0.717, 1.165) is 22.7 Å². The van der Waals surface area contributed by atoms with Crippen molar-refractivity contribution < 1.29 is 23.5 Å². The Bertz CT molecular complexity index is 1350. The first-order valence-electron chi connectivity index (χ1n) is 9.68. The molecule has 0 aromatic heterocycles. The molecule has 2 amide bonds. The average Bonchev–Trinajstić information content (AvgIpc) is 3.05. The zero-order chi connectivity index (χ0) is 24.4. The average molecular weight is 581 g/mol. The molecule has 1 fully saturated rings. The van der Waals surface area contributed by atoms with Crippen molar-refractivity contribution in [1.29, 1.82) is 0 Å². The maximum absolute atomic E-state index is 13.3. The molecule has 172 valence electrons. The van der Waals surface area contributed by atoms with Crippen LogP contribution >= 0.6 is 50.9 Å². The third-order valence-electron chi connectivity index (χ3n) is 4.75. The van der Waals surface area contributed by atoms with Crippen LogP contribution in [0, 0.1) is 5.82 Å². The fourth-order valence-electron chi connectivity index (χ4n) is 3.04. The van der Waals surface area contributed by atoms with Crippen LogP contribution in [0.3, 0.4) is 0 Å². The van der Waals surface area contributed by atoms with Crippen molar-refractivity contribution >= 4 is 74.1 Å². The molecule has 0 spiro atoms. The molecular weight excluding hydrogens is 568 g/mol. The first-order chi connectivity index (χ1) is 16.2. The second kappa shape index (κ2) is 10.3. The summed E-state index contributed by atoms with van der Waals surface area (Å²) in [6.07, 6.45) is 1.56. The smallest absolute Gasteiger partial charge is 0.343 e. The number of esters is 1. The van der Waals surface area contributed by atoms with Crippen molar-refractivity contribution in [3.05, 3.63) is 103 Å². The van der Waals surface area contributed by atoms with Crippen LogP contribution in [0.15, 0.2) is 70.0 Å². The molecule has 3 aromatic carbocycles. The number of benzene rings is 3. The first kappa shape index (κ1) is 24.5. The summed E-state index contributed by atoms with van der Waals surface area (Å²) in [5, 5.41) is 0.187. The zero-order valence-electron chi connectivity index (χ0n) is 17.1. The monoisotopic (exact) mass is 579 g/mol. The number of ether oxygens (including phenoxy) is 1. The van der Waals surface area contributed by atoms with Gasteiger partial charge in [0, 0.05) is 10.0 Å². The highest BCUT2D eigenvalue weighted by molar-refractivity contribution is 9.10. The minimum atomic E-state index is -0.550. The van der Waals surface area contributed by atoms with E-state index in [1.807, 2.05) is 0 Å². The van der Waals surface area contributed by atoms with Crippen molar-refractivity contribution in [2.24, 2.45) is 0 Å². The summed E-state index contributed by atoms with van der Waals surface area (Å²) < 4.78 is 19.2. The topological polar surface area (TPSA) is 63.7 Å². The van der Waals surface area contributed by atoms with Gasteiger partial charge >= 0.3 is 5.97 Å². The third-order valence-corrected chi connectivity index (χ3v) is 6.88. The molecule has 0 saturated carbocycles. The number of hydrogen-bond donors (Lipinski definition) is 0. The highest BCUT2D eigenvalue weighted by Gasteiger charge is 2.35. The summed E-state index contributed by atoms with van der Waals surface area (Å²) >= 11 is 16.0. The van der Waals surface area contributed by atoms with E-state index in [9.17, 15) is 18.8 Å². The summed E-state index contributed by atoms with van der Waals surface area (Å²) in [5.41, 5.74) is 1.42. The van der Waals surface area contributed by atoms with E-state index in [2.05, 4.69) is 15.9 Å². The van der Waals surface area contributed by atoms with Gasteiger partial charge in [0.05, 0.1) is 21.5 Å². The van der Waals surface area contributed by atoms with Gasteiger partial charge in [-0.2, -0.15) is 0 Å². The SMILES string of the molecule is O=C(Oc1ccc(/C=C2\SC(=O)N(Cc3ccc(F)cc3Cl)C2=O)cc1Br)c1ccc(Cl)cc1. The summed E-state index contributed by atoms with van der Waals surface area (Å²) in [6.45, 7) is -0.0651. The molecule has 5 nitrogen and oxygen atoms in total. The number of hydrogen-bond acceptors (Lipinski definition) is 5. The highest BCUT2D eigenvalue weighted by Crippen LogP contribution is 2.35. The van der Waals surface area contributed by atoms with Gasteiger partial charge in [-0.15, -0.1) is 0 Å². The number of rotatable bonds is 5. The van der Waals surface area contributed by atoms with Crippen LogP contribution < -0.4 is 4.74 Å². The van der Waals surface area contributed by atoms with E-state index in [4.69, 9.17) is 27.9 Å². The molecular formula is C24H13BrCl2FNO4S. The van der Waals surface area contributed by atoms with Crippen LogP contribution in [0.4, 0.5) is 9.18 Å². The Morgan fingerprint density at radius 2 is 1.79 bits per heavy atom. The Morgan fingerprint density at radius 3 is 2.47 bits per heavy atom. The molecule has 1 heterocycles. The Labute approximate surface area is 216 Å². The number of imide groups is 1. The maximum atomic E-state index is 13.3. The van der Waals surface area contributed by atoms with E-state index < -0.39 is 22.9 Å². The molecule has 4 rings (SSSR count). The third kappa shape index (κ3) is 5.52. The minimum absolute atomic E-state index is 0.0651. The molecule has 0 aliphatic carbocycles. The van der Waals surface area contributed by atoms with Gasteiger partial charge in [0.2, 0.25) is 0 Å². The largest absolute Gasteiger partial charge is 0.422 e. The molecule has 1 saturated heterocycles. The van der Waals surface area contributed by atoms with Crippen LogP contribution in [-0.2, 0) is 11.3 Å². The molecule has 3 aromatic rings. The van der Waals surface area contributed by atoms with Crippen molar-refractivity contribution in [2.75, 3.05) is 0 Å². The minimum Gasteiger partial charge on any atom is -0.422 e. The van der Waals surface area contributed by atoms with Crippen LogP contribution in [0.5, 0.6) is 5.75 Å². The van der Waals surface area contributed by atoms with E-state index in [-0.39, 0.29) is 22.2 Å². The molecule has 10 heteroatoms. The van der Waals surface area contributed by atoms with Crippen molar-refractivity contribution in [2.45, 2.75) is 6.54 Å². The molecule has 1 aliphatic rings. The van der Waals surface area contributed by atoms with E-state index in [0.29, 0.717) is 26.2 Å². The number of carbonyl (C=O) groups excluding carboxylic acids is 3. The lowest BCUT2D eigenvalue weighted by Gasteiger charge is -2.13. The number of nitrogens with zero attached hydrogens (tertiary/aromatic N) is 1. The molecule has 0 unspecified atom stereocenters. The van der Waals surface area contributed by atoms with Crippen molar-refractivity contribution in [3.8, 4) is 5.75 Å². The second-order valence-corrected chi connectivity index (χ2v) is 9.78. The summed E-state index contributed by atoms with van der Waals surface area (Å²) in [4.78, 5) is 38.8. The Hall–Kier alpha value is -2.65. The van der Waals surface area contributed by atoms with E-state index >= 15 is 0 Å². The Kier molecular flexibility index (Phi) is 7.42. The summed E-state index contributed by atoms with van der Waals surface area (Å²) in [7, 11) is 0. The second-order valence-electron chi connectivity index (χ2n) is 7.09. The number of thioether (sulfide) groups is 1. The van der Waals surface area contributed by atoms with Crippen LogP contribution in [0.1, 0.15) is 21.5 Å². The Balaban J connectivity index is 1.48. The number of halogens is 4. The van der Waals surface area contributed by atoms with E-state index in [1.165, 1.54) is 12.1 Å². The standard InChI is InChI=1S/C24H13BrCl2FNO4S/c25-18-9-13(1-8-20(18)33-23(31)14-2-5-16(26)6-3-14)10-21-22(30)29(24(32)34-21)12-15-4-7-17(28)11-19(15)27/h1-11H,12H2/b21-10-. The van der Waals surface area contributed by atoms with Gasteiger partial charge < -0.3 is 4.74 Å². The zero-order valence-corrected chi connectivity index (χ0v) is 21.0. The van der Waals surface area contributed by atoms with Crippen LogP contribution in [-0.4, -0.2) is 22.0 Å². The first-order valence-corrected chi connectivity index (χ1v) is 12.0. The van der Waals surface area contributed by atoms with Gasteiger partial charge in [0.15, 0.2) is 0 Å².